The lowest BCUT2D eigenvalue weighted by molar-refractivity contribution is -0.119. The van der Waals surface area contributed by atoms with E-state index in [1.54, 1.807) is 0 Å². The molecule has 0 spiro atoms. The standard InChI is InChI=1S/C12H20O/c1-8-3-5-12-9(2)7-10(13)4-6-11(8)12/h8-9,11-12H,3-7H2,1-2H3. The van der Waals surface area contributed by atoms with Crippen LogP contribution in [0.15, 0.2) is 0 Å². The Bertz CT molecular complexity index is 209. The van der Waals surface area contributed by atoms with E-state index in [-0.39, 0.29) is 0 Å². The number of hydrogen-bond donors (Lipinski definition) is 0. The Labute approximate surface area is 80.9 Å². The first kappa shape index (κ1) is 9.23. The Morgan fingerprint density at radius 3 is 2.46 bits per heavy atom. The number of carbonyl (C=O) groups excluding carboxylic acids is 1. The molecule has 0 aromatic rings. The number of hydrogen-bond acceptors (Lipinski definition) is 1. The van der Waals surface area contributed by atoms with E-state index in [0.717, 1.165) is 30.6 Å². The zero-order valence-electron chi connectivity index (χ0n) is 8.75. The molecule has 0 heterocycles. The average Bonchev–Trinajstić information content (AvgIpc) is 2.36. The Morgan fingerprint density at radius 2 is 1.69 bits per heavy atom. The zero-order valence-corrected chi connectivity index (χ0v) is 8.75. The summed E-state index contributed by atoms with van der Waals surface area (Å²) in [6.07, 6.45) is 5.66. The van der Waals surface area contributed by atoms with Crippen molar-refractivity contribution in [1.29, 1.82) is 0 Å². The summed E-state index contributed by atoms with van der Waals surface area (Å²) in [6, 6.07) is 0. The van der Waals surface area contributed by atoms with Crippen LogP contribution in [0.3, 0.4) is 0 Å². The van der Waals surface area contributed by atoms with Crippen LogP contribution in [0.5, 0.6) is 0 Å². The molecule has 0 bridgehead atoms. The normalized spacial score (nSPS) is 45.8. The van der Waals surface area contributed by atoms with Crippen molar-refractivity contribution in [1.82, 2.24) is 0 Å². The van der Waals surface area contributed by atoms with Gasteiger partial charge in [-0.1, -0.05) is 20.3 Å². The summed E-state index contributed by atoms with van der Waals surface area (Å²) in [4.78, 5) is 11.4. The molecule has 4 unspecified atom stereocenters. The summed E-state index contributed by atoms with van der Waals surface area (Å²) in [5.74, 6) is 3.76. The molecule has 2 aliphatic rings. The van der Waals surface area contributed by atoms with Crippen molar-refractivity contribution in [3.05, 3.63) is 0 Å². The monoisotopic (exact) mass is 180 g/mol. The second-order valence-electron chi connectivity index (χ2n) is 5.14. The highest BCUT2D eigenvalue weighted by molar-refractivity contribution is 5.78. The molecule has 2 aliphatic carbocycles. The van der Waals surface area contributed by atoms with Gasteiger partial charge in [-0.15, -0.1) is 0 Å². The highest BCUT2D eigenvalue weighted by Crippen LogP contribution is 2.46. The van der Waals surface area contributed by atoms with Gasteiger partial charge in [0.1, 0.15) is 5.78 Å². The zero-order chi connectivity index (χ0) is 9.42. The molecule has 0 saturated heterocycles. The minimum Gasteiger partial charge on any atom is -0.300 e. The third-order valence-corrected chi connectivity index (χ3v) is 4.27. The van der Waals surface area contributed by atoms with Crippen LogP contribution in [0.4, 0.5) is 0 Å². The summed E-state index contributed by atoms with van der Waals surface area (Å²) in [7, 11) is 0. The van der Waals surface area contributed by atoms with Crippen LogP contribution in [0.2, 0.25) is 0 Å². The topological polar surface area (TPSA) is 17.1 Å². The molecule has 74 valence electrons. The largest absolute Gasteiger partial charge is 0.300 e. The van der Waals surface area contributed by atoms with Gasteiger partial charge in [-0.25, -0.2) is 0 Å². The molecule has 13 heavy (non-hydrogen) atoms. The Balaban J connectivity index is 2.12. The molecule has 0 amide bonds. The molecule has 0 aliphatic heterocycles. The molecule has 1 heteroatoms. The lowest BCUT2D eigenvalue weighted by Crippen LogP contribution is -2.17. The van der Waals surface area contributed by atoms with Crippen LogP contribution in [-0.4, -0.2) is 5.78 Å². The second kappa shape index (κ2) is 3.43. The van der Waals surface area contributed by atoms with Crippen LogP contribution in [-0.2, 0) is 4.79 Å². The quantitative estimate of drug-likeness (QED) is 0.560. The molecular weight excluding hydrogens is 160 g/mol. The maximum atomic E-state index is 11.4. The molecular formula is C12H20O. The van der Waals surface area contributed by atoms with E-state index in [0.29, 0.717) is 11.7 Å². The average molecular weight is 180 g/mol. The van der Waals surface area contributed by atoms with Crippen molar-refractivity contribution < 1.29 is 4.79 Å². The molecule has 0 radical (unpaired) electrons. The summed E-state index contributed by atoms with van der Waals surface area (Å²) < 4.78 is 0. The van der Waals surface area contributed by atoms with Gasteiger partial charge in [0.2, 0.25) is 0 Å². The van der Waals surface area contributed by atoms with E-state index in [1.165, 1.54) is 19.3 Å². The number of rotatable bonds is 0. The highest BCUT2D eigenvalue weighted by atomic mass is 16.1. The molecule has 2 rings (SSSR count). The van der Waals surface area contributed by atoms with Crippen LogP contribution < -0.4 is 0 Å². The van der Waals surface area contributed by atoms with Crippen molar-refractivity contribution in [2.45, 2.75) is 46.0 Å². The molecule has 4 atom stereocenters. The number of carbonyl (C=O) groups is 1. The summed E-state index contributed by atoms with van der Waals surface area (Å²) in [6.45, 7) is 4.64. The molecule has 2 fully saturated rings. The van der Waals surface area contributed by atoms with Crippen molar-refractivity contribution in [3.8, 4) is 0 Å². The predicted molar refractivity (Wildman–Crippen MR) is 53.4 cm³/mol. The van der Waals surface area contributed by atoms with E-state index < -0.39 is 0 Å². The van der Waals surface area contributed by atoms with Crippen molar-refractivity contribution in [2.24, 2.45) is 23.7 Å². The molecule has 0 aromatic heterocycles. The van der Waals surface area contributed by atoms with Gasteiger partial charge >= 0.3 is 0 Å². The Hall–Kier alpha value is -0.330. The fraction of sp³-hybridized carbons (Fsp3) is 0.917. The lowest BCUT2D eigenvalue weighted by Gasteiger charge is -2.23. The fourth-order valence-corrected chi connectivity index (χ4v) is 3.45. The Kier molecular flexibility index (Phi) is 2.44. The van der Waals surface area contributed by atoms with Gasteiger partial charge in [0.25, 0.3) is 0 Å². The number of fused-ring (bicyclic) bond motifs is 1. The Morgan fingerprint density at radius 1 is 1.00 bits per heavy atom. The molecule has 0 N–H and O–H groups in total. The highest BCUT2D eigenvalue weighted by Gasteiger charge is 2.38. The van der Waals surface area contributed by atoms with E-state index in [1.807, 2.05) is 0 Å². The molecule has 1 nitrogen and oxygen atoms in total. The third kappa shape index (κ3) is 1.66. The van der Waals surface area contributed by atoms with Crippen molar-refractivity contribution in [2.75, 3.05) is 0 Å². The number of ketones is 1. The SMILES string of the molecule is CC1CCC2C(C)CC(=O)CCC12. The summed E-state index contributed by atoms with van der Waals surface area (Å²) >= 11 is 0. The molecule has 0 aromatic carbocycles. The maximum absolute atomic E-state index is 11.4. The minimum absolute atomic E-state index is 0.508. The van der Waals surface area contributed by atoms with Gasteiger partial charge in [0, 0.05) is 12.8 Å². The van der Waals surface area contributed by atoms with E-state index in [9.17, 15) is 4.79 Å². The van der Waals surface area contributed by atoms with E-state index in [4.69, 9.17) is 0 Å². The van der Waals surface area contributed by atoms with Crippen LogP contribution in [0, 0.1) is 23.7 Å². The first-order chi connectivity index (χ1) is 6.18. The summed E-state index contributed by atoms with van der Waals surface area (Å²) in [5, 5.41) is 0. The predicted octanol–water partition coefficient (Wildman–Crippen LogP) is 3.04. The maximum Gasteiger partial charge on any atom is 0.133 e. The smallest absolute Gasteiger partial charge is 0.133 e. The lowest BCUT2D eigenvalue weighted by atomic mass is 9.81. The summed E-state index contributed by atoms with van der Waals surface area (Å²) in [5.41, 5.74) is 0. The van der Waals surface area contributed by atoms with Crippen molar-refractivity contribution in [3.63, 3.8) is 0 Å². The minimum atomic E-state index is 0.508. The van der Waals surface area contributed by atoms with Gasteiger partial charge in [0.05, 0.1) is 0 Å². The van der Waals surface area contributed by atoms with Gasteiger partial charge in [-0.05, 0) is 36.5 Å². The fourth-order valence-electron chi connectivity index (χ4n) is 3.45. The first-order valence-corrected chi connectivity index (χ1v) is 5.70. The van der Waals surface area contributed by atoms with Gasteiger partial charge in [0.15, 0.2) is 0 Å². The second-order valence-corrected chi connectivity index (χ2v) is 5.14. The first-order valence-electron chi connectivity index (χ1n) is 5.70. The van der Waals surface area contributed by atoms with Crippen LogP contribution in [0.1, 0.15) is 46.0 Å². The number of Topliss-reactive ketones (excluding diaryl/α,β-unsaturated/α-hetero) is 1. The molecule has 2 saturated carbocycles. The van der Waals surface area contributed by atoms with Gasteiger partial charge < -0.3 is 0 Å². The van der Waals surface area contributed by atoms with Crippen LogP contribution >= 0.6 is 0 Å². The van der Waals surface area contributed by atoms with E-state index in [2.05, 4.69) is 13.8 Å². The van der Waals surface area contributed by atoms with Gasteiger partial charge in [-0.2, -0.15) is 0 Å². The van der Waals surface area contributed by atoms with Gasteiger partial charge in [-0.3, -0.25) is 4.79 Å². The van der Waals surface area contributed by atoms with E-state index >= 15 is 0 Å². The van der Waals surface area contributed by atoms with Crippen LogP contribution in [0.25, 0.3) is 0 Å². The third-order valence-electron chi connectivity index (χ3n) is 4.27. The van der Waals surface area contributed by atoms with Crippen molar-refractivity contribution >= 4 is 5.78 Å².